The third-order valence-electron chi connectivity index (χ3n) is 4.29. The van der Waals surface area contributed by atoms with Crippen LogP contribution in [0.25, 0.3) is 0 Å². The monoisotopic (exact) mass is 246 g/mol. The summed E-state index contributed by atoms with van der Waals surface area (Å²) in [6.45, 7) is 5.13. The number of aliphatic hydroxyl groups is 1. The molecule has 3 heteroatoms. The second-order valence-electron chi connectivity index (χ2n) is 5.91. The average molecular weight is 246 g/mol. The molecular weight excluding hydrogens is 224 g/mol. The van der Waals surface area contributed by atoms with Crippen molar-refractivity contribution in [2.24, 2.45) is 11.8 Å². The fourth-order valence-corrected chi connectivity index (χ4v) is 3.52. The van der Waals surface area contributed by atoms with Gasteiger partial charge in [-0.15, -0.1) is 0 Å². The maximum atomic E-state index is 10.2. The van der Waals surface area contributed by atoms with Gasteiger partial charge in [0, 0.05) is 44.6 Å². The Kier molecular flexibility index (Phi) is 3.37. The maximum absolute atomic E-state index is 10.2. The smallest absolute Gasteiger partial charge is 0.0645 e. The second kappa shape index (κ2) is 5.00. The highest BCUT2D eigenvalue weighted by Gasteiger charge is 2.40. The van der Waals surface area contributed by atoms with Crippen molar-refractivity contribution in [3.05, 3.63) is 35.9 Å². The first-order valence-corrected chi connectivity index (χ1v) is 6.85. The van der Waals surface area contributed by atoms with Crippen LogP contribution in [0.15, 0.2) is 30.3 Å². The zero-order chi connectivity index (χ0) is 12.5. The van der Waals surface area contributed by atoms with Gasteiger partial charge in [-0.25, -0.2) is 0 Å². The van der Waals surface area contributed by atoms with E-state index >= 15 is 0 Å². The molecule has 2 bridgehead atoms. The molecule has 2 aliphatic heterocycles. The molecule has 3 nitrogen and oxygen atoms in total. The molecular formula is C15H22N2O. The Bertz CT molecular complexity index is 379. The number of piperidine rings is 2. The molecule has 2 atom stereocenters. The molecule has 0 saturated carbocycles. The van der Waals surface area contributed by atoms with Gasteiger partial charge in [0.15, 0.2) is 0 Å². The van der Waals surface area contributed by atoms with Crippen LogP contribution in [-0.4, -0.2) is 54.2 Å². The van der Waals surface area contributed by atoms with Crippen LogP contribution in [0.2, 0.25) is 0 Å². The highest BCUT2D eigenvalue weighted by molar-refractivity contribution is 5.14. The Hall–Kier alpha value is -0.900. The molecule has 1 N–H and O–H groups in total. The molecule has 18 heavy (non-hydrogen) atoms. The van der Waals surface area contributed by atoms with Gasteiger partial charge in [-0.1, -0.05) is 30.3 Å². The van der Waals surface area contributed by atoms with E-state index in [1.807, 2.05) is 0 Å². The Labute approximate surface area is 109 Å². The number of aliphatic hydroxyl groups excluding tert-OH is 1. The fraction of sp³-hybridized carbons (Fsp3) is 0.600. The second-order valence-corrected chi connectivity index (χ2v) is 5.91. The van der Waals surface area contributed by atoms with Crippen molar-refractivity contribution < 1.29 is 5.11 Å². The zero-order valence-corrected chi connectivity index (χ0v) is 11.0. The lowest BCUT2D eigenvalue weighted by Gasteiger charge is -2.48. The third-order valence-corrected chi connectivity index (χ3v) is 4.29. The van der Waals surface area contributed by atoms with Crippen LogP contribution in [-0.2, 0) is 6.54 Å². The van der Waals surface area contributed by atoms with Crippen molar-refractivity contribution in [3.8, 4) is 0 Å². The number of likely N-dealkylation sites (tertiary alicyclic amines) is 2. The highest BCUT2D eigenvalue weighted by atomic mass is 16.3. The van der Waals surface area contributed by atoms with Gasteiger partial charge >= 0.3 is 0 Å². The van der Waals surface area contributed by atoms with Gasteiger partial charge in [0.05, 0.1) is 6.10 Å². The molecule has 2 aliphatic rings. The zero-order valence-electron chi connectivity index (χ0n) is 11.0. The number of benzene rings is 1. The van der Waals surface area contributed by atoms with E-state index in [0.29, 0.717) is 11.8 Å². The van der Waals surface area contributed by atoms with E-state index in [-0.39, 0.29) is 6.10 Å². The first-order valence-electron chi connectivity index (χ1n) is 6.85. The quantitative estimate of drug-likeness (QED) is 0.844. The summed E-state index contributed by atoms with van der Waals surface area (Å²) in [6.07, 6.45) is -0.0896. The standard InChI is InChI=1S/C15H22N2O/c1-16-8-13-10-17(11-14(9-16)15(13)18)7-12-5-3-2-4-6-12/h2-6,13-15,18H,7-11H2,1H3. The molecule has 2 heterocycles. The molecule has 0 radical (unpaired) electrons. The minimum Gasteiger partial charge on any atom is -0.392 e. The van der Waals surface area contributed by atoms with Crippen LogP contribution < -0.4 is 0 Å². The summed E-state index contributed by atoms with van der Waals surface area (Å²) in [5, 5.41) is 10.2. The molecule has 0 amide bonds. The van der Waals surface area contributed by atoms with E-state index in [0.717, 1.165) is 32.7 Å². The minimum absolute atomic E-state index is 0.0896. The van der Waals surface area contributed by atoms with Crippen molar-refractivity contribution >= 4 is 0 Å². The summed E-state index contributed by atoms with van der Waals surface area (Å²) in [4.78, 5) is 4.87. The van der Waals surface area contributed by atoms with E-state index < -0.39 is 0 Å². The van der Waals surface area contributed by atoms with Gasteiger partial charge in [0.1, 0.15) is 0 Å². The molecule has 3 rings (SSSR count). The molecule has 2 fully saturated rings. The van der Waals surface area contributed by atoms with Crippen LogP contribution in [0.3, 0.4) is 0 Å². The summed E-state index contributed by atoms with van der Waals surface area (Å²) < 4.78 is 0. The summed E-state index contributed by atoms with van der Waals surface area (Å²) in [6, 6.07) is 10.6. The molecule has 0 aliphatic carbocycles. The summed E-state index contributed by atoms with van der Waals surface area (Å²) in [5.74, 6) is 0.845. The van der Waals surface area contributed by atoms with Gasteiger partial charge in [0.25, 0.3) is 0 Å². The minimum atomic E-state index is -0.0896. The molecule has 1 aromatic carbocycles. The van der Waals surface area contributed by atoms with Crippen LogP contribution in [0, 0.1) is 11.8 Å². The largest absolute Gasteiger partial charge is 0.392 e. The van der Waals surface area contributed by atoms with Crippen LogP contribution in [0.5, 0.6) is 0 Å². The normalized spacial score (nSPS) is 33.6. The lowest BCUT2D eigenvalue weighted by atomic mass is 9.82. The Morgan fingerprint density at radius 2 is 1.67 bits per heavy atom. The van der Waals surface area contributed by atoms with E-state index in [1.165, 1.54) is 5.56 Å². The topological polar surface area (TPSA) is 26.7 Å². The number of rotatable bonds is 2. The van der Waals surface area contributed by atoms with E-state index in [2.05, 4.69) is 47.2 Å². The SMILES string of the molecule is CN1CC2CN(Cc3ccccc3)CC(C1)C2O. The van der Waals surface area contributed by atoms with Gasteiger partial charge in [-0.05, 0) is 12.6 Å². The van der Waals surface area contributed by atoms with Gasteiger partial charge < -0.3 is 10.0 Å². The Morgan fingerprint density at radius 3 is 2.28 bits per heavy atom. The Morgan fingerprint density at radius 1 is 1.06 bits per heavy atom. The highest BCUT2D eigenvalue weighted by Crippen LogP contribution is 2.29. The molecule has 0 aromatic heterocycles. The maximum Gasteiger partial charge on any atom is 0.0645 e. The average Bonchev–Trinajstić information content (AvgIpc) is 2.33. The number of hydrogen-bond donors (Lipinski definition) is 1. The lowest BCUT2D eigenvalue weighted by molar-refractivity contribution is -0.0741. The molecule has 2 saturated heterocycles. The van der Waals surface area contributed by atoms with Crippen LogP contribution in [0.1, 0.15) is 5.56 Å². The van der Waals surface area contributed by atoms with Crippen LogP contribution >= 0.6 is 0 Å². The van der Waals surface area contributed by atoms with Gasteiger partial charge in [-0.3, -0.25) is 4.90 Å². The van der Waals surface area contributed by atoms with Gasteiger partial charge in [-0.2, -0.15) is 0 Å². The number of nitrogens with zero attached hydrogens (tertiary/aromatic N) is 2. The van der Waals surface area contributed by atoms with E-state index in [4.69, 9.17) is 0 Å². The summed E-state index contributed by atoms with van der Waals surface area (Å²) in [5.41, 5.74) is 1.38. The molecule has 1 aromatic rings. The summed E-state index contributed by atoms with van der Waals surface area (Å²) in [7, 11) is 2.17. The van der Waals surface area contributed by atoms with Crippen molar-refractivity contribution in [3.63, 3.8) is 0 Å². The summed E-state index contributed by atoms with van der Waals surface area (Å²) >= 11 is 0. The lowest BCUT2D eigenvalue weighted by Crippen LogP contribution is -2.59. The molecule has 2 unspecified atom stereocenters. The Balaban J connectivity index is 1.67. The molecule has 98 valence electrons. The van der Waals surface area contributed by atoms with Crippen molar-refractivity contribution in [1.82, 2.24) is 9.80 Å². The van der Waals surface area contributed by atoms with Crippen molar-refractivity contribution in [2.75, 3.05) is 33.2 Å². The number of hydrogen-bond acceptors (Lipinski definition) is 3. The van der Waals surface area contributed by atoms with E-state index in [9.17, 15) is 5.11 Å². The van der Waals surface area contributed by atoms with Crippen molar-refractivity contribution in [2.45, 2.75) is 12.6 Å². The van der Waals surface area contributed by atoms with Crippen LogP contribution in [0.4, 0.5) is 0 Å². The first-order chi connectivity index (χ1) is 8.72. The third kappa shape index (κ3) is 2.44. The first kappa shape index (κ1) is 12.2. The van der Waals surface area contributed by atoms with Gasteiger partial charge in [0.2, 0.25) is 0 Å². The predicted octanol–water partition coefficient (Wildman–Crippen LogP) is 1.04. The fourth-order valence-electron chi connectivity index (χ4n) is 3.52. The van der Waals surface area contributed by atoms with E-state index in [1.54, 1.807) is 0 Å². The predicted molar refractivity (Wildman–Crippen MR) is 72.2 cm³/mol. The molecule has 0 spiro atoms. The number of fused-ring (bicyclic) bond motifs is 2. The van der Waals surface area contributed by atoms with Crippen molar-refractivity contribution in [1.29, 1.82) is 0 Å².